The van der Waals surface area contributed by atoms with E-state index in [1.165, 1.54) is 12.2 Å². The van der Waals surface area contributed by atoms with Crippen molar-refractivity contribution in [3.63, 3.8) is 0 Å². The fourth-order valence-corrected chi connectivity index (χ4v) is 0. The predicted octanol–water partition coefficient (Wildman–Crippen LogP) is 2.73. The Bertz CT molecular complexity index is 54.3. The number of aliphatic hydroxyl groups excluding tert-OH is 1. The molecular weight excluding hydrogens is 201 g/mol. The Hall–Kier alpha value is 0.124. The van der Waals surface area contributed by atoms with Gasteiger partial charge in [-0.05, 0) is 0 Å². The maximum Gasteiger partial charge on any atom is 3.00 e. The second-order valence-corrected chi connectivity index (χ2v) is 0.534. The largest absolute Gasteiger partial charge is 3.00 e. The molecule has 0 amide bonds. The minimum Gasteiger partial charge on any atom is -0.553 e. The average molecular weight is 216 g/mol. The van der Waals surface area contributed by atoms with Gasteiger partial charge in [-0.25, -0.2) is 0 Å². The van der Waals surface area contributed by atoms with Gasteiger partial charge in [-0.15, -0.1) is 6.26 Å². The summed E-state index contributed by atoms with van der Waals surface area (Å²) < 4.78 is 0. The minimum atomic E-state index is 0. The van der Waals surface area contributed by atoms with Gasteiger partial charge in [0.15, 0.2) is 0 Å². The van der Waals surface area contributed by atoms with Crippen molar-refractivity contribution in [3.8, 4) is 0 Å². The topological polar surface area (TPSA) is 20.2 Å². The molecule has 0 aliphatic heterocycles. The van der Waals surface area contributed by atoms with E-state index in [0.717, 1.165) is 0 Å². The zero-order chi connectivity index (χ0) is 6.12. The molecule has 0 aromatic rings. The van der Waals surface area contributed by atoms with Crippen LogP contribution in [0.5, 0.6) is 0 Å². The first-order chi connectivity index (χ1) is 3.33. The normalized spacial score (nSPS) is 3.20. The molecule has 0 aliphatic carbocycles. The summed E-state index contributed by atoms with van der Waals surface area (Å²) in [4.78, 5) is 0. The van der Waals surface area contributed by atoms with Crippen LogP contribution in [0.1, 0.15) is 14.9 Å². The summed E-state index contributed by atoms with van der Waals surface area (Å²) in [5, 5.41) is 7.22. The molecule has 2 heteroatoms. The zero-order valence-corrected chi connectivity index (χ0v) is 7.33. The molecule has 0 aromatic heterocycles. The van der Waals surface area contributed by atoms with E-state index in [0.29, 0.717) is 6.26 Å². The molecule has 0 bridgehead atoms. The fourth-order valence-electron chi connectivity index (χ4n) is 0. The molecular formula is C8H15OY. The van der Waals surface area contributed by atoms with Crippen LogP contribution in [0.25, 0.3) is 0 Å². The van der Waals surface area contributed by atoms with Gasteiger partial charge in [0.05, 0.1) is 0 Å². The standard InChI is InChI=1S/C4H4.C2H3O.2CH4.Y/c1-3-4-2;1-2-3;;;/h1-4H;1-3H;2*1H4;/q-2;-1;;;+3. The first-order valence-corrected chi connectivity index (χ1v) is 1.59. The molecule has 0 unspecified atom stereocenters. The molecule has 1 N–H and O–H groups in total. The summed E-state index contributed by atoms with van der Waals surface area (Å²) in [6, 6.07) is 0. The Morgan fingerprint density at radius 3 is 1.00 bits per heavy atom. The van der Waals surface area contributed by atoms with Gasteiger partial charge in [0.1, 0.15) is 0 Å². The molecule has 0 radical (unpaired) electrons. The second kappa shape index (κ2) is 61.7. The maximum absolute atomic E-state index is 7.22. The number of hydrogen-bond acceptors (Lipinski definition) is 1. The number of allylic oxidation sites excluding steroid dienone is 2. The van der Waals surface area contributed by atoms with E-state index < -0.39 is 0 Å². The molecule has 0 atom stereocenters. The van der Waals surface area contributed by atoms with Gasteiger partial charge in [-0.2, -0.15) is 0 Å². The van der Waals surface area contributed by atoms with Crippen molar-refractivity contribution in [1.29, 1.82) is 0 Å². The zero-order valence-electron chi connectivity index (χ0n) is 4.49. The molecule has 0 aliphatic rings. The number of aliphatic hydroxyl groups is 1. The maximum atomic E-state index is 7.22. The van der Waals surface area contributed by atoms with Crippen molar-refractivity contribution < 1.29 is 37.8 Å². The molecule has 56 valence electrons. The van der Waals surface area contributed by atoms with Gasteiger partial charge in [-0.3, -0.25) is 0 Å². The van der Waals surface area contributed by atoms with Gasteiger partial charge in [0.25, 0.3) is 0 Å². The summed E-state index contributed by atoms with van der Waals surface area (Å²) >= 11 is 0. The van der Waals surface area contributed by atoms with E-state index in [1.54, 1.807) is 0 Å². The minimum absolute atomic E-state index is 0. The van der Waals surface area contributed by atoms with Crippen LogP contribution < -0.4 is 0 Å². The first-order valence-electron chi connectivity index (χ1n) is 1.59. The quantitative estimate of drug-likeness (QED) is 0.406. The van der Waals surface area contributed by atoms with E-state index in [-0.39, 0.29) is 47.6 Å². The Morgan fingerprint density at radius 2 is 1.00 bits per heavy atom. The van der Waals surface area contributed by atoms with E-state index in [2.05, 4.69) is 6.58 Å². The first kappa shape index (κ1) is 32.1. The van der Waals surface area contributed by atoms with Crippen molar-refractivity contribution in [2.45, 2.75) is 14.9 Å². The summed E-state index contributed by atoms with van der Waals surface area (Å²) in [5.41, 5.74) is 0. The van der Waals surface area contributed by atoms with E-state index in [9.17, 15) is 0 Å². The van der Waals surface area contributed by atoms with Crippen molar-refractivity contribution >= 4 is 0 Å². The van der Waals surface area contributed by atoms with Crippen LogP contribution >= 0.6 is 0 Å². The van der Waals surface area contributed by atoms with Gasteiger partial charge >= 0.3 is 32.7 Å². The van der Waals surface area contributed by atoms with Crippen LogP contribution in [0.3, 0.4) is 0 Å². The van der Waals surface area contributed by atoms with Crippen LogP contribution in [0, 0.1) is 19.7 Å². The molecule has 0 rings (SSSR count). The summed E-state index contributed by atoms with van der Waals surface area (Å²) in [5.74, 6) is 0. The molecule has 0 heterocycles. The second-order valence-electron chi connectivity index (χ2n) is 0.534. The number of hydrogen-bond donors (Lipinski definition) is 1. The SMILES string of the molecule is C.C.[CH-]=CC=[CH-].[CH-]=CO.[Y+3]. The van der Waals surface area contributed by atoms with E-state index in [4.69, 9.17) is 18.3 Å². The van der Waals surface area contributed by atoms with Crippen molar-refractivity contribution in [3.05, 3.63) is 38.2 Å². The summed E-state index contributed by atoms with van der Waals surface area (Å²) in [7, 11) is 0. The van der Waals surface area contributed by atoms with Gasteiger partial charge < -0.3 is 37.0 Å². The molecule has 0 saturated carbocycles. The number of rotatable bonds is 1. The third-order valence-electron chi connectivity index (χ3n) is 0.111. The molecule has 0 spiro atoms. The van der Waals surface area contributed by atoms with Crippen molar-refractivity contribution in [1.82, 2.24) is 0 Å². The Labute approximate surface area is 90.4 Å². The molecule has 1 nitrogen and oxygen atoms in total. The molecule has 0 fully saturated rings. The van der Waals surface area contributed by atoms with Crippen LogP contribution in [-0.4, -0.2) is 5.11 Å². The van der Waals surface area contributed by atoms with Crippen molar-refractivity contribution in [2.24, 2.45) is 0 Å². The van der Waals surface area contributed by atoms with Gasteiger partial charge in [-0.1, -0.05) is 14.9 Å². The van der Waals surface area contributed by atoms with Gasteiger partial charge in [0.2, 0.25) is 0 Å². The van der Waals surface area contributed by atoms with Crippen LogP contribution in [0.4, 0.5) is 0 Å². The van der Waals surface area contributed by atoms with Gasteiger partial charge in [0, 0.05) is 0 Å². The van der Waals surface area contributed by atoms with E-state index >= 15 is 0 Å². The third-order valence-corrected chi connectivity index (χ3v) is 0.111. The smallest absolute Gasteiger partial charge is 0.553 e. The third kappa shape index (κ3) is 326. The van der Waals surface area contributed by atoms with Crippen LogP contribution in [0.15, 0.2) is 18.4 Å². The average Bonchev–Trinajstić information content (AvgIpc) is 1.69. The van der Waals surface area contributed by atoms with Crippen molar-refractivity contribution in [2.75, 3.05) is 0 Å². The molecule has 10 heavy (non-hydrogen) atoms. The van der Waals surface area contributed by atoms with Crippen LogP contribution in [-0.2, 0) is 32.7 Å². The van der Waals surface area contributed by atoms with Crippen LogP contribution in [0.2, 0.25) is 0 Å². The predicted molar refractivity (Wildman–Crippen MR) is 42.7 cm³/mol. The Kier molecular flexibility index (Phi) is 198. The fraction of sp³-hybridized carbons (Fsp3) is 0.250. The molecule has 0 saturated heterocycles. The van der Waals surface area contributed by atoms with E-state index in [1.807, 2.05) is 0 Å². The summed E-state index contributed by atoms with van der Waals surface area (Å²) in [6.45, 7) is 13.7. The summed E-state index contributed by atoms with van der Waals surface area (Å²) in [6.07, 6.45) is 3.06. The molecule has 0 aromatic carbocycles. The Balaban J connectivity index is -0.0000000131. The monoisotopic (exact) mass is 216 g/mol. The Morgan fingerprint density at radius 1 is 0.900 bits per heavy atom.